The van der Waals surface area contributed by atoms with Crippen LogP contribution >= 0.6 is 11.6 Å². The Labute approximate surface area is 133 Å². The van der Waals surface area contributed by atoms with Gasteiger partial charge < -0.3 is 10.2 Å². The quantitative estimate of drug-likeness (QED) is 0.760. The fraction of sp³-hybridized carbons (Fsp3) is 0.647. The number of nitrogens with zero attached hydrogens (tertiary/aromatic N) is 1. The minimum Gasteiger partial charge on any atom is -0.309 e. The van der Waals surface area contributed by atoms with Crippen molar-refractivity contribution >= 4 is 11.6 Å². The molecular formula is C17H28ClFN2. The summed E-state index contributed by atoms with van der Waals surface area (Å²) in [5.41, 5.74) is 1.02. The first-order valence-corrected chi connectivity index (χ1v) is 8.13. The average Bonchev–Trinajstić information content (AvgIpc) is 2.45. The molecule has 1 aromatic rings. The summed E-state index contributed by atoms with van der Waals surface area (Å²) in [6, 6.07) is 5.58. The second-order valence-corrected chi connectivity index (χ2v) is 6.32. The molecule has 0 heterocycles. The van der Waals surface area contributed by atoms with E-state index in [1.807, 2.05) is 0 Å². The van der Waals surface area contributed by atoms with Gasteiger partial charge >= 0.3 is 0 Å². The van der Waals surface area contributed by atoms with Crippen LogP contribution in [0.15, 0.2) is 18.2 Å². The molecule has 0 aromatic heterocycles. The van der Waals surface area contributed by atoms with Gasteiger partial charge in [-0.25, -0.2) is 4.39 Å². The molecule has 2 unspecified atom stereocenters. The molecule has 0 fully saturated rings. The third-order valence-electron chi connectivity index (χ3n) is 4.33. The van der Waals surface area contributed by atoms with E-state index in [2.05, 4.69) is 45.1 Å². The number of hydrogen-bond donors (Lipinski definition) is 1. The smallest absolute Gasteiger partial charge is 0.141 e. The molecule has 0 amide bonds. The van der Waals surface area contributed by atoms with E-state index in [1.54, 1.807) is 12.1 Å². The van der Waals surface area contributed by atoms with Crippen LogP contribution in [0.1, 0.15) is 45.2 Å². The molecule has 21 heavy (non-hydrogen) atoms. The van der Waals surface area contributed by atoms with Crippen LogP contribution in [0.5, 0.6) is 0 Å². The topological polar surface area (TPSA) is 15.3 Å². The van der Waals surface area contributed by atoms with Gasteiger partial charge in [0.05, 0.1) is 5.02 Å². The highest BCUT2D eigenvalue weighted by atomic mass is 35.5. The molecule has 0 aliphatic carbocycles. The van der Waals surface area contributed by atoms with Crippen molar-refractivity contribution in [3.05, 3.63) is 34.6 Å². The minimum atomic E-state index is -0.365. The van der Waals surface area contributed by atoms with Crippen molar-refractivity contribution in [3.63, 3.8) is 0 Å². The summed E-state index contributed by atoms with van der Waals surface area (Å²) in [4.78, 5) is 2.29. The highest BCUT2D eigenvalue weighted by Crippen LogP contribution is 2.22. The minimum absolute atomic E-state index is 0.153. The Morgan fingerprint density at radius 1 is 1.24 bits per heavy atom. The Hall–Kier alpha value is -0.640. The van der Waals surface area contributed by atoms with E-state index in [0.717, 1.165) is 12.1 Å². The van der Waals surface area contributed by atoms with Crippen LogP contribution in [0, 0.1) is 11.7 Å². The van der Waals surface area contributed by atoms with E-state index in [1.165, 1.54) is 18.9 Å². The third-order valence-corrected chi connectivity index (χ3v) is 4.62. The maximum atomic E-state index is 13.2. The fourth-order valence-electron chi connectivity index (χ4n) is 2.80. The van der Waals surface area contributed by atoms with Gasteiger partial charge in [-0.05, 0) is 44.6 Å². The largest absolute Gasteiger partial charge is 0.309 e. The molecule has 0 bridgehead atoms. The van der Waals surface area contributed by atoms with Gasteiger partial charge in [0.15, 0.2) is 0 Å². The first-order valence-electron chi connectivity index (χ1n) is 7.75. The standard InChI is InChI=1S/C17H28ClFN2/c1-6-13(7-2)17(21(4)5)11-20-12(3)14-8-9-16(19)15(18)10-14/h8-10,12-13,17,20H,6-7,11H2,1-5H3. The van der Waals surface area contributed by atoms with Crippen LogP contribution in [-0.4, -0.2) is 31.6 Å². The first kappa shape index (κ1) is 18.4. The molecule has 0 aliphatic heterocycles. The van der Waals surface area contributed by atoms with Crippen molar-refractivity contribution in [2.45, 2.75) is 45.7 Å². The van der Waals surface area contributed by atoms with E-state index < -0.39 is 0 Å². The predicted octanol–water partition coefficient (Wildman–Crippen LogP) is 4.50. The second-order valence-electron chi connectivity index (χ2n) is 5.91. The van der Waals surface area contributed by atoms with E-state index >= 15 is 0 Å². The van der Waals surface area contributed by atoms with Gasteiger partial charge in [-0.15, -0.1) is 0 Å². The lowest BCUT2D eigenvalue weighted by molar-refractivity contribution is 0.190. The first-order chi connectivity index (χ1) is 9.90. The number of hydrogen-bond acceptors (Lipinski definition) is 2. The molecule has 0 aliphatic rings. The maximum Gasteiger partial charge on any atom is 0.141 e. The second kappa shape index (κ2) is 8.72. The van der Waals surface area contributed by atoms with Crippen molar-refractivity contribution < 1.29 is 4.39 Å². The zero-order valence-electron chi connectivity index (χ0n) is 13.8. The van der Waals surface area contributed by atoms with Crippen LogP contribution in [0.2, 0.25) is 5.02 Å². The van der Waals surface area contributed by atoms with Crippen LogP contribution in [-0.2, 0) is 0 Å². The Balaban J connectivity index is 2.68. The molecule has 120 valence electrons. The van der Waals surface area contributed by atoms with Crippen LogP contribution < -0.4 is 5.32 Å². The van der Waals surface area contributed by atoms with Gasteiger partial charge in [0, 0.05) is 18.6 Å². The number of benzene rings is 1. The Kier molecular flexibility index (Phi) is 7.64. The molecule has 2 nitrogen and oxygen atoms in total. The zero-order chi connectivity index (χ0) is 16.0. The lowest BCUT2D eigenvalue weighted by atomic mass is 9.93. The monoisotopic (exact) mass is 314 g/mol. The molecule has 0 radical (unpaired) electrons. The van der Waals surface area contributed by atoms with Gasteiger partial charge in [-0.2, -0.15) is 0 Å². The SMILES string of the molecule is CCC(CC)C(CNC(C)c1ccc(F)c(Cl)c1)N(C)C. The summed E-state index contributed by atoms with van der Waals surface area (Å²) in [7, 11) is 4.26. The number of nitrogens with one attached hydrogen (secondary N) is 1. The van der Waals surface area contributed by atoms with Crippen LogP contribution in [0.4, 0.5) is 4.39 Å². The summed E-state index contributed by atoms with van der Waals surface area (Å²) in [5.74, 6) is 0.312. The van der Waals surface area contributed by atoms with Gasteiger partial charge in [0.1, 0.15) is 5.82 Å². The summed E-state index contributed by atoms with van der Waals surface area (Å²) in [5, 5.41) is 3.74. The normalized spacial score (nSPS) is 14.7. The summed E-state index contributed by atoms with van der Waals surface area (Å²) >= 11 is 5.86. The van der Waals surface area contributed by atoms with Crippen LogP contribution in [0.25, 0.3) is 0 Å². The molecule has 1 N–H and O–H groups in total. The molecule has 1 rings (SSSR count). The molecular weight excluding hydrogens is 287 g/mol. The lowest BCUT2D eigenvalue weighted by Crippen LogP contribution is -2.43. The van der Waals surface area contributed by atoms with E-state index in [0.29, 0.717) is 12.0 Å². The highest BCUT2D eigenvalue weighted by Gasteiger charge is 2.21. The predicted molar refractivity (Wildman–Crippen MR) is 89.4 cm³/mol. The van der Waals surface area contributed by atoms with Crippen molar-refractivity contribution in [2.75, 3.05) is 20.6 Å². The molecule has 0 saturated heterocycles. The van der Waals surface area contributed by atoms with E-state index in [-0.39, 0.29) is 16.9 Å². The zero-order valence-corrected chi connectivity index (χ0v) is 14.5. The Bertz CT molecular complexity index is 433. The summed E-state index contributed by atoms with van der Waals surface area (Å²) in [6.45, 7) is 7.49. The summed E-state index contributed by atoms with van der Waals surface area (Å²) in [6.07, 6.45) is 2.36. The number of halogens is 2. The average molecular weight is 315 g/mol. The van der Waals surface area contributed by atoms with Gasteiger partial charge in [-0.1, -0.05) is 44.4 Å². The molecule has 1 aromatic carbocycles. The number of likely N-dealkylation sites (N-methyl/N-ethyl adjacent to an activating group) is 1. The number of rotatable bonds is 8. The van der Waals surface area contributed by atoms with Crippen LogP contribution in [0.3, 0.4) is 0 Å². The Morgan fingerprint density at radius 2 is 1.86 bits per heavy atom. The third kappa shape index (κ3) is 5.24. The van der Waals surface area contributed by atoms with E-state index in [4.69, 9.17) is 11.6 Å². The van der Waals surface area contributed by atoms with Gasteiger partial charge in [0.25, 0.3) is 0 Å². The molecule has 0 spiro atoms. The maximum absolute atomic E-state index is 13.2. The molecule has 4 heteroatoms. The Morgan fingerprint density at radius 3 is 2.33 bits per heavy atom. The van der Waals surface area contributed by atoms with Crippen molar-refractivity contribution in [1.29, 1.82) is 0 Å². The van der Waals surface area contributed by atoms with Crippen molar-refractivity contribution in [3.8, 4) is 0 Å². The van der Waals surface area contributed by atoms with Crippen molar-refractivity contribution in [1.82, 2.24) is 10.2 Å². The van der Waals surface area contributed by atoms with Gasteiger partial charge in [-0.3, -0.25) is 0 Å². The molecule has 2 atom stereocenters. The van der Waals surface area contributed by atoms with Crippen molar-refractivity contribution in [2.24, 2.45) is 5.92 Å². The molecule has 0 saturated carbocycles. The van der Waals surface area contributed by atoms with E-state index in [9.17, 15) is 4.39 Å². The lowest BCUT2D eigenvalue weighted by Gasteiger charge is -2.32. The highest BCUT2D eigenvalue weighted by molar-refractivity contribution is 6.30. The fourth-order valence-corrected chi connectivity index (χ4v) is 2.99. The van der Waals surface area contributed by atoms with Gasteiger partial charge in [0.2, 0.25) is 0 Å². The summed E-state index contributed by atoms with van der Waals surface area (Å²) < 4.78 is 13.2.